The number of carbonyl (C=O) groups excluding carboxylic acids is 1. The fourth-order valence-electron chi connectivity index (χ4n) is 3.07. The molecule has 3 rings (SSSR count). The van der Waals surface area contributed by atoms with Crippen molar-refractivity contribution in [1.29, 1.82) is 0 Å². The lowest BCUT2D eigenvalue weighted by atomic mass is 9.97. The molecule has 8 nitrogen and oxygen atoms in total. The summed E-state index contributed by atoms with van der Waals surface area (Å²) < 4.78 is 26.2. The van der Waals surface area contributed by atoms with Crippen LogP contribution in [0.2, 0.25) is 0 Å². The molecule has 0 radical (unpaired) electrons. The van der Waals surface area contributed by atoms with Gasteiger partial charge in [-0.15, -0.1) is 0 Å². The number of aryl methyl sites for hydroxylation is 2. The van der Waals surface area contributed by atoms with Crippen molar-refractivity contribution in [2.24, 2.45) is 13.0 Å². The van der Waals surface area contributed by atoms with Gasteiger partial charge < -0.3 is 5.32 Å². The van der Waals surface area contributed by atoms with Gasteiger partial charge in [-0.1, -0.05) is 0 Å². The van der Waals surface area contributed by atoms with Crippen molar-refractivity contribution in [3.05, 3.63) is 18.0 Å². The molecule has 0 aliphatic carbocycles. The van der Waals surface area contributed by atoms with Gasteiger partial charge >= 0.3 is 0 Å². The average molecular weight is 351 g/mol. The summed E-state index contributed by atoms with van der Waals surface area (Å²) in [7, 11) is -1.35. The van der Waals surface area contributed by atoms with E-state index >= 15 is 0 Å². The number of nitrogens with one attached hydrogen (secondary N) is 1. The molecule has 9 heteroatoms. The number of fused-ring (bicyclic) bond motifs is 1. The number of aromatic nitrogens is 3. The average Bonchev–Trinajstić information content (AvgIpc) is 2.81. The van der Waals surface area contributed by atoms with Crippen LogP contribution in [0.15, 0.2) is 12.3 Å². The van der Waals surface area contributed by atoms with Crippen LogP contribution in [-0.2, 0) is 21.9 Å². The van der Waals surface area contributed by atoms with E-state index in [4.69, 9.17) is 0 Å². The summed E-state index contributed by atoms with van der Waals surface area (Å²) in [5, 5.41) is 8.10. The van der Waals surface area contributed by atoms with E-state index < -0.39 is 10.0 Å². The maximum atomic E-state index is 12.4. The molecule has 1 fully saturated rings. The number of hydrogen-bond acceptors (Lipinski definition) is 5. The van der Waals surface area contributed by atoms with Crippen LogP contribution in [0.25, 0.3) is 11.0 Å². The van der Waals surface area contributed by atoms with Crippen LogP contribution in [0.3, 0.4) is 0 Å². The number of pyridine rings is 1. The van der Waals surface area contributed by atoms with E-state index in [0.717, 1.165) is 16.7 Å². The summed E-state index contributed by atoms with van der Waals surface area (Å²) in [4.78, 5) is 16.8. The molecule has 130 valence electrons. The van der Waals surface area contributed by atoms with Gasteiger partial charge in [-0.2, -0.15) is 5.10 Å². The quantitative estimate of drug-likeness (QED) is 0.885. The zero-order chi connectivity index (χ0) is 17.5. The van der Waals surface area contributed by atoms with Crippen molar-refractivity contribution >= 4 is 32.7 Å². The summed E-state index contributed by atoms with van der Waals surface area (Å²) in [6, 6.07) is 1.87. The second kappa shape index (κ2) is 6.14. The summed E-state index contributed by atoms with van der Waals surface area (Å²) >= 11 is 0. The Morgan fingerprint density at radius 2 is 2.00 bits per heavy atom. The van der Waals surface area contributed by atoms with Gasteiger partial charge in [-0.25, -0.2) is 17.7 Å². The zero-order valence-corrected chi connectivity index (χ0v) is 14.8. The molecule has 2 aromatic heterocycles. The first-order valence-electron chi connectivity index (χ1n) is 7.81. The molecule has 0 aromatic carbocycles. The highest BCUT2D eigenvalue weighted by atomic mass is 32.2. The highest BCUT2D eigenvalue weighted by Crippen LogP contribution is 2.23. The molecule has 0 spiro atoms. The lowest BCUT2D eigenvalue weighted by Crippen LogP contribution is -2.40. The van der Waals surface area contributed by atoms with Gasteiger partial charge in [0.1, 0.15) is 0 Å². The molecule has 1 aliphatic rings. The molecule has 2 aromatic rings. The van der Waals surface area contributed by atoms with Gasteiger partial charge in [0.05, 0.1) is 23.8 Å². The monoisotopic (exact) mass is 351 g/mol. The van der Waals surface area contributed by atoms with Crippen LogP contribution < -0.4 is 5.32 Å². The maximum Gasteiger partial charge on any atom is 0.227 e. The second-order valence-corrected chi connectivity index (χ2v) is 8.21. The second-order valence-electron chi connectivity index (χ2n) is 6.23. The standard InChI is InChI=1S/C15H21N5O3S/c1-10-13-8-12(9-16-14(13)19(2)18-10)17-15(21)11-4-6-20(7-5-11)24(3,22)23/h8-9,11H,4-7H2,1-3H3,(H,17,21). The van der Waals surface area contributed by atoms with Gasteiger partial charge in [-0.05, 0) is 25.8 Å². The van der Waals surface area contributed by atoms with Gasteiger partial charge in [0.2, 0.25) is 15.9 Å². The van der Waals surface area contributed by atoms with E-state index in [9.17, 15) is 13.2 Å². The third-order valence-corrected chi connectivity index (χ3v) is 5.73. The fourth-order valence-corrected chi connectivity index (χ4v) is 3.94. The largest absolute Gasteiger partial charge is 0.324 e. The van der Waals surface area contributed by atoms with Crippen molar-refractivity contribution in [1.82, 2.24) is 19.1 Å². The fraction of sp³-hybridized carbons (Fsp3) is 0.533. The molecule has 0 saturated carbocycles. The molecule has 0 atom stereocenters. The predicted octanol–water partition coefficient (Wildman–Crippen LogP) is 0.887. The number of hydrogen-bond donors (Lipinski definition) is 1. The maximum absolute atomic E-state index is 12.4. The Balaban J connectivity index is 1.68. The van der Waals surface area contributed by atoms with Crippen LogP contribution >= 0.6 is 0 Å². The topological polar surface area (TPSA) is 97.2 Å². The molecule has 0 unspecified atom stereocenters. The molecule has 3 heterocycles. The van der Waals surface area contributed by atoms with Crippen molar-refractivity contribution in [2.75, 3.05) is 24.7 Å². The van der Waals surface area contributed by atoms with Gasteiger partial charge in [-0.3, -0.25) is 9.48 Å². The van der Waals surface area contributed by atoms with Crippen LogP contribution in [0, 0.1) is 12.8 Å². The Bertz CT molecular complexity index is 882. The summed E-state index contributed by atoms with van der Waals surface area (Å²) in [5.41, 5.74) is 2.26. The molecule has 0 bridgehead atoms. The van der Waals surface area contributed by atoms with Crippen molar-refractivity contribution < 1.29 is 13.2 Å². The third-order valence-electron chi connectivity index (χ3n) is 4.42. The van der Waals surface area contributed by atoms with Gasteiger partial charge in [0, 0.05) is 31.4 Å². The minimum atomic E-state index is -3.18. The molecule has 1 aliphatic heterocycles. The number of anilines is 1. The minimum absolute atomic E-state index is 0.0918. The number of piperidine rings is 1. The lowest BCUT2D eigenvalue weighted by Gasteiger charge is -2.29. The summed E-state index contributed by atoms with van der Waals surface area (Å²) in [6.45, 7) is 2.67. The molecular formula is C15H21N5O3S. The van der Waals surface area contributed by atoms with E-state index in [1.807, 2.05) is 20.0 Å². The molecule has 1 saturated heterocycles. The van der Waals surface area contributed by atoms with E-state index in [1.165, 1.54) is 10.6 Å². The molecular weight excluding hydrogens is 330 g/mol. The first-order valence-corrected chi connectivity index (χ1v) is 9.66. The molecule has 1 amide bonds. The Morgan fingerprint density at radius 3 is 2.62 bits per heavy atom. The Labute approximate surface area is 140 Å². The van der Waals surface area contributed by atoms with Crippen molar-refractivity contribution in [3.8, 4) is 0 Å². The third kappa shape index (κ3) is 3.27. The zero-order valence-electron chi connectivity index (χ0n) is 14.0. The lowest BCUT2D eigenvalue weighted by molar-refractivity contribution is -0.120. The molecule has 1 N–H and O–H groups in total. The van der Waals surface area contributed by atoms with E-state index in [1.54, 1.807) is 10.9 Å². The first kappa shape index (κ1) is 16.8. The number of rotatable bonds is 3. The Kier molecular flexibility index (Phi) is 4.31. The van der Waals surface area contributed by atoms with Gasteiger partial charge in [0.25, 0.3) is 0 Å². The number of sulfonamides is 1. The number of amides is 1. The normalized spacial score (nSPS) is 17.3. The summed E-state index contributed by atoms with van der Waals surface area (Å²) in [6.07, 6.45) is 3.87. The van der Waals surface area contributed by atoms with Crippen LogP contribution in [0.1, 0.15) is 18.5 Å². The minimum Gasteiger partial charge on any atom is -0.324 e. The van der Waals surface area contributed by atoms with E-state index in [2.05, 4.69) is 15.4 Å². The smallest absolute Gasteiger partial charge is 0.227 e. The predicted molar refractivity (Wildman–Crippen MR) is 91.0 cm³/mol. The molecule has 24 heavy (non-hydrogen) atoms. The SMILES string of the molecule is Cc1nn(C)c2ncc(NC(=O)C3CCN(S(C)(=O)=O)CC3)cc12. The Hall–Kier alpha value is -2.00. The highest BCUT2D eigenvalue weighted by Gasteiger charge is 2.29. The van der Waals surface area contributed by atoms with E-state index in [0.29, 0.717) is 31.6 Å². The van der Waals surface area contributed by atoms with Crippen molar-refractivity contribution in [3.63, 3.8) is 0 Å². The number of carbonyl (C=O) groups is 1. The Morgan fingerprint density at radius 1 is 1.33 bits per heavy atom. The van der Waals surface area contributed by atoms with E-state index in [-0.39, 0.29) is 11.8 Å². The number of nitrogens with zero attached hydrogens (tertiary/aromatic N) is 4. The van der Waals surface area contributed by atoms with Crippen LogP contribution in [0.5, 0.6) is 0 Å². The first-order chi connectivity index (χ1) is 11.3. The van der Waals surface area contributed by atoms with Crippen LogP contribution in [0.4, 0.5) is 5.69 Å². The summed E-state index contributed by atoms with van der Waals surface area (Å²) in [5.74, 6) is -0.278. The van der Waals surface area contributed by atoms with Gasteiger partial charge in [0.15, 0.2) is 5.65 Å². The highest BCUT2D eigenvalue weighted by molar-refractivity contribution is 7.88. The van der Waals surface area contributed by atoms with Crippen LogP contribution in [-0.4, -0.2) is 52.7 Å². The van der Waals surface area contributed by atoms with Crippen molar-refractivity contribution in [2.45, 2.75) is 19.8 Å².